The smallest absolute Gasteiger partial charge is 0.230 e. The first-order chi connectivity index (χ1) is 13.2. The zero-order valence-electron chi connectivity index (χ0n) is 15.9. The first-order valence-corrected chi connectivity index (χ1v) is 12.2. The molecule has 1 amide bonds. The molecule has 6 heteroatoms. The second-order valence-corrected chi connectivity index (χ2v) is 10.6. The van der Waals surface area contributed by atoms with E-state index in [0.717, 1.165) is 28.1 Å². The van der Waals surface area contributed by atoms with Crippen LogP contribution in [-0.4, -0.2) is 27.7 Å². The van der Waals surface area contributed by atoms with Crippen molar-refractivity contribution in [3.8, 4) is 0 Å². The van der Waals surface area contributed by atoms with Crippen LogP contribution in [0.5, 0.6) is 0 Å². The van der Waals surface area contributed by atoms with Crippen molar-refractivity contribution >= 4 is 39.2 Å². The lowest BCUT2D eigenvalue weighted by atomic mass is 9.84. The number of fused-ring (bicyclic) bond motifs is 5. The summed E-state index contributed by atoms with van der Waals surface area (Å²) in [4.78, 5) is 24.2. The molecule has 0 saturated heterocycles. The van der Waals surface area contributed by atoms with E-state index in [-0.39, 0.29) is 5.91 Å². The number of aromatic nitrogens is 2. The highest BCUT2D eigenvalue weighted by atomic mass is 32.2. The number of thiophene rings is 1. The molecule has 3 aliphatic rings. The highest BCUT2D eigenvalue weighted by Crippen LogP contribution is 2.49. The Morgan fingerprint density at radius 3 is 3.00 bits per heavy atom. The number of amides is 1. The minimum absolute atomic E-state index is 0.145. The van der Waals surface area contributed by atoms with E-state index in [2.05, 4.69) is 22.2 Å². The summed E-state index contributed by atoms with van der Waals surface area (Å²) in [7, 11) is 0. The van der Waals surface area contributed by atoms with Crippen LogP contribution in [-0.2, 0) is 17.6 Å². The van der Waals surface area contributed by atoms with E-state index < -0.39 is 0 Å². The van der Waals surface area contributed by atoms with Gasteiger partial charge < -0.3 is 5.32 Å². The zero-order valence-corrected chi connectivity index (χ0v) is 17.5. The second kappa shape index (κ2) is 7.36. The van der Waals surface area contributed by atoms with Gasteiger partial charge in [0, 0.05) is 16.3 Å². The minimum atomic E-state index is 0.145. The SMILES string of the molecule is CC(NC(=O)CSc1ncnc2sc3c(c12)CCCC3)C1CC2CCC1C2. The first kappa shape index (κ1) is 17.9. The molecule has 3 aliphatic carbocycles. The lowest BCUT2D eigenvalue weighted by Gasteiger charge is -2.28. The minimum Gasteiger partial charge on any atom is -0.353 e. The summed E-state index contributed by atoms with van der Waals surface area (Å²) in [5.74, 6) is 3.05. The predicted octanol–water partition coefficient (Wildman–Crippen LogP) is 4.60. The van der Waals surface area contributed by atoms with Gasteiger partial charge in [-0.3, -0.25) is 4.79 Å². The number of carbonyl (C=O) groups excluding carboxylic acids is 1. The monoisotopic (exact) mass is 401 g/mol. The molecule has 2 heterocycles. The third-order valence-corrected chi connectivity index (χ3v) is 9.07. The number of thioether (sulfide) groups is 1. The molecule has 0 aromatic carbocycles. The van der Waals surface area contributed by atoms with Crippen LogP contribution in [0.25, 0.3) is 10.2 Å². The first-order valence-electron chi connectivity index (χ1n) is 10.4. The van der Waals surface area contributed by atoms with Crippen LogP contribution < -0.4 is 5.32 Å². The number of nitrogens with one attached hydrogen (secondary N) is 1. The van der Waals surface area contributed by atoms with Gasteiger partial charge in [0.25, 0.3) is 0 Å². The van der Waals surface area contributed by atoms with E-state index in [0.29, 0.717) is 17.7 Å². The summed E-state index contributed by atoms with van der Waals surface area (Å²) < 4.78 is 0. The fourth-order valence-corrected chi connectivity index (χ4v) is 7.74. The van der Waals surface area contributed by atoms with Gasteiger partial charge in [0.1, 0.15) is 16.2 Å². The summed E-state index contributed by atoms with van der Waals surface area (Å²) in [6.07, 6.45) is 12.0. The summed E-state index contributed by atoms with van der Waals surface area (Å²) >= 11 is 3.40. The average molecular weight is 402 g/mol. The quantitative estimate of drug-likeness (QED) is 0.587. The molecule has 1 N–H and O–H groups in total. The second-order valence-electron chi connectivity index (χ2n) is 8.55. The zero-order chi connectivity index (χ0) is 18.4. The van der Waals surface area contributed by atoms with Gasteiger partial charge in [-0.15, -0.1) is 11.3 Å². The summed E-state index contributed by atoms with van der Waals surface area (Å²) in [6, 6.07) is 0.299. The van der Waals surface area contributed by atoms with E-state index in [1.807, 2.05) is 11.3 Å². The molecule has 4 unspecified atom stereocenters. The molecule has 144 valence electrons. The van der Waals surface area contributed by atoms with Crippen molar-refractivity contribution in [1.82, 2.24) is 15.3 Å². The van der Waals surface area contributed by atoms with Crippen molar-refractivity contribution in [3.05, 3.63) is 16.8 Å². The van der Waals surface area contributed by atoms with Crippen molar-refractivity contribution in [2.24, 2.45) is 17.8 Å². The van der Waals surface area contributed by atoms with E-state index in [1.54, 1.807) is 18.1 Å². The van der Waals surface area contributed by atoms with Gasteiger partial charge in [0.15, 0.2) is 0 Å². The normalized spacial score (nSPS) is 27.7. The number of hydrogen-bond donors (Lipinski definition) is 1. The van der Waals surface area contributed by atoms with Gasteiger partial charge >= 0.3 is 0 Å². The molecule has 27 heavy (non-hydrogen) atoms. The number of aryl methyl sites for hydroxylation is 2. The Bertz CT molecular complexity index is 864. The standard InChI is InChI=1S/C21H27N3OS2/c1-12(16-9-13-6-7-14(16)8-13)24-18(25)10-26-20-19-15-4-2-3-5-17(15)27-21(19)23-11-22-20/h11-14,16H,2-10H2,1H3,(H,24,25). The average Bonchev–Trinajstić information content (AvgIpc) is 3.39. The Morgan fingerprint density at radius 1 is 1.30 bits per heavy atom. The van der Waals surface area contributed by atoms with Crippen LogP contribution in [0.15, 0.2) is 11.4 Å². The maximum absolute atomic E-state index is 12.6. The fourth-order valence-electron chi connectivity index (χ4n) is 5.61. The van der Waals surface area contributed by atoms with Crippen molar-refractivity contribution in [2.45, 2.75) is 69.4 Å². The highest BCUT2D eigenvalue weighted by molar-refractivity contribution is 8.00. The van der Waals surface area contributed by atoms with Crippen molar-refractivity contribution in [3.63, 3.8) is 0 Å². The number of nitrogens with zero attached hydrogens (tertiary/aromatic N) is 2. The fraction of sp³-hybridized carbons (Fsp3) is 0.667. The molecule has 2 aromatic heterocycles. The maximum Gasteiger partial charge on any atom is 0.230 e. The van der Waals surface area contributed by atoms with Crippen molar-refractivity contribution in [1.29, 1.82) is 0 Å². The van der Waals surface area contributed by atoms with Crippen LogP contribution in [0.3, 0.4) is 0 Å². The van der Waals surface area contributed by atoms with Gasteiger partial charge in [0.05, 0.1) is 5.75 Å². The van der Waals surface area contributed by atoms with E-state index in [9.17, 15) is 4.79 Å². The summed E-state index contributed by atoms with van der Waals surface area (Å²) in [5, 5.41) is 5.49. The third-order valence-electron chi connectivity index (χ3n) is 6.88. The topological polar surface area (TPSA) is 54.9 Å². The number of hydrogen-bond acceptors (Lipinski definition) is 5. The van der Waals surface area contributed by atoms with Crippen molar-refractivity contribution < 1.29 is 4.79 Å². The van der Waals surface area contributed by atoms with Crippen LogP contribution in [0.4, 0.5) is 0 Å². The Morgan fingerprint density at radius 2 is 2.19 bits per heavy atom. The van der Waals surface area contributed by atoms with Crippen LogP contribution in [0.2, 0.25) is 0 Å². The maximum atomic E-state index is 12.6. The predicted molar refractivity (Wildman–Crippen MR) is 111 cm³/mol. The Balaban J connectivity index is 1.25. The number of carbonyl (C=O) groups is 1. The Hall–Kier alpha value is -1.14. The molecule has 2 bridgehead atoms. The molecule has 2 fully saturated rings. The van der Waals surface area contributed by atoms with Gasteiger partial charge in [0.2, 0.25) is 5.91 Å². The molecule has 5 rings (SSSR count). The van der Waals surface area contributed by atoms with Crippen LogP contribution in [0.1, 0.15) is 55.9 Å². The number of rotatable bonds is 5. The van der Waals surface area contributed by atoms with Crippen molar-refractivity contribution in [2.75, 3.05) is 5.75 Å². The molecule has 2 saturated carbocycles. The Labute approximate surface area is 168 Å². The van der Waals surface area contributed by atoms with E-state index in [4.69, 9.17) is 0 Å². The molecule has 2 aromatic rings. The van der Waals surface area contributed by atoms with E-state index in [1.165, 1.54) is 60.8 Å². The molecule has 0 spiro atoms. The molecular formula is C21H27N3OS2. The van der Waals surface area contributed by atoms with Crippen LogP contribution >= 0.6 is 23.1 Å². The summed E-state index contributed by atoms with van der Waals surface area (Å²) in [5.41, 5.74) is 1.44. The van der Waals surface area contributed by atoms with Gasteiger partial charge in [-0.1, -0.05) is 18.2 Å². The van der Waals surface area contributed by atoms with Gasteiger partial charge in [-0.2, -0.15) is 0 Å². The van der Waals surface area contributed by atoms with Gasteiger partial charge in [-0.05, 0) is 75.2 Å². The Kier molecular flexibility index (Phi) is 4.88. The summed E-state index contributed by atoms with van der Waals surface area (Å²) in [6.45, 7) is 2.20. The lowest BCUT2D eigenvalue weighted by molar-refractivity contribution is -0.119. The highest BCUT2D eigenvalue weighted by Gasteiger charge is 2.42. The van der Waals surface area contributed by atoms with Gasteiger partial charge in [-0.25, -0.2) is 9.97 Å². The third kappa shape index (κ3) is 3.39. The molecule has 4 atom stereocenters. The molecule has 4 nitrogen and oxygen atoms in total. The largest absolute Gasteiger partial charge is 0.353 e. The van der Waals surface area contributed by atoms with Crippen LogP contribution in [0, 0.1) is 17.8 Å². The molecule has 0 radical (unpaired) electrons. The molecule has 0 aliphatic heterocycles. The lowest BCUT2D eigenvalue weighted by Crippen LogP contribution is -2.40. The van der Waals surface area contributed by atoms with E-state index >= 15 is 0 Å². The molecular weight excluding hydrogens is 374 g/mol.